The molecule has 0 aliphatic carbocycles. The fraction of sp³-hybridized carbons (Fsp3) is 0.684. The van der Waals surface area contributed by atoms with Gasteiger partial charge in [0.05, 0.1) is 38.6 Å². The summed E-state index contributed by atoms with van der Waals surface area (Å²) >= 11 is 0. The third-order valence-corrected chi connectivity index (χ3v) is 17.4. The van der Waals surface area contributed by atoms with Crippen molar-refractivity contribution in [3.63, 3.8) is 0 Å². The first-order valence-corrected chi connectivity index (χ1v) is 37.1. The van der Waals surface area contributed by atoms with E-state index in [1.165, 1.54) is 70.6 Å². The maximum Gasteiger partial charge on any atom is 0.220 e. The molecular formula is C79H129NO18. The number of nitrogens with one attached hydrogen (secondary N) is 1. The van der Waals surface area contributed by atoms with E-state index in [-0.39, 0.29) is 18.9 Å². The van der Waals surface area contributed by atoms with Crippen molar-refractivity contribution in [1.29, 1.82) is 0 Å². The maximum atomic E-state index is 13.4. The lowest BCUT2D eigenvalue weighted by atomic mass is 9.96. The van der Waals surface area contributed by atoms with Gasteiger partial charge in [0.1, 0.15) is 73.2 Å². The molecule has 98 heavy (non-hydrogen) atoms. The van der Waals surface area contributed by atoms with Crippen LogP contribution in [-0.4, -0.2) is 193 Å². The number of hydrogen-bond acceptors (Lipinski definition) is 18. The van der Waals surface area contributed by atoms with E-state index in [0.717, 1.165) is 109 Å². The summed E-state index contributed by atoms with van der Waals surface area (Å²) < 4.78 is 34.3. The summed E-state index contributed by atoms with van der Waals surface area (Å²) in [6.07, 6.45) is 56.8. The predicted molar refractivity (Wildman–Crippen MR) is 387 cm³/mol. The second-order valence-electron chi connectivity index (χ2n) is 25.7. The third kappa shape index (κ3) is 38.6. The van der Waals surface area contributed by atoms with Crippen molar-refractivity contribution in [2.75, 3.05) is 26.4 Å². The van der Waals surface area contributed by atoms with Crippen LogP contribution in [-0.2, 0) is 33.2 Å². The highest BCUT2D eigenvalue weighted by atomic mass is 16.8. The van der Waals surface area contributed by atoms with Crippen molar-refractivity contribution in [2.45, 2.75) is 317 Å². The Bertz CT molecular complexity index is 2340. The van der Waals surface area contributed by atoms with E-state index in [1.54, 1.807) is 6.08 Å². The Balaban J connectivity index is 1.41. The number of hydrogen-bond donors (Lipinski definition) is 12. The molecule has 3 aliphatic rings. The Kier molecular flexibility index (Phi) is 52.2. The SMILES string of the molecule is CC/C=C\C/C=C\C/C=C\C/C=C\C/C=C\C/C=C\C/C=C\C/C=C\C/C=C\C/C=C\CCCCCCC(=O)NC(COC1OC(CO)C(OC2OC(CO)C(OC3OC(CO)C(O)C(O)C3O)C(O)C2O)C(O)C1O)C(O)/C=C/CC/C=C/CCCCCCCCCCCCCC. The summed E-state index contributed by atoms with van der Waals surface area (Å²) in [6.45, 7) is 1.56. The standard InChI is InChI=1S/C79H129NO18/c1-3-5-7-9-11-13-15-17-19-21-23-24-25-26-27-28-29-30-31-32-33-34-35-36-37-38-39-41-43-45-47-49-51-53-55-57-67(85)80-62(63(84)56-54-52-50-48-46-44-42-40-22-20-18-16-14-12-10-8-6-4-2)61-93-77-73(91)70(88)75(65(59-82)95-77)98-79-74(92)71(89)76(66(60-83)96-79)97-78-72(90)69(87)68(86)64(58-81)94-78/h5,7,11,13,17,19,23-24,26-27,29-30,32-33,35-36,38-39,43,45-46,48,54,56,62-66,68-79,81-84,86-92H,3-4,6,8-10,12,14-16,18,20-22,25,28,31,34,37,40-42,44,47,49-53,55,57-61H2,1-2H3,(H,80,85)/b7-5-,13-11-,19-17-,24-23-,27-26-,30-29-,33-32-,36-35-,39-38-,45-43-,48-46+,56-54+. The largest absolute Gasteiger partial charge is 0.394 e. The van der Waals surface area contributed by atoms with Gasteiger partial charge < -0.3 is 89.9 Å². The highest BCUT2D eigenvalue weighted by molar-refractivity contribution is 5.76. The Morgan fingerprint density at radius 1 is 0.378 bits per heavy atom. The normalized spacial score (nSPS) is 27.6. The molecule has 3 rings (SSSR count). The molecule has 1 amide bonds. The van der Waals surface area contributed by atoms with Gasteiger partial charge in [-0.15, -0.1) is 0 Å². The van der Waals surface area contributed by atoms with Crippen molar-refractivity contribution in [3.05, 3.63) is 146 Å². The molecule has 3 fully saturated rings. The van der Waals surface area contributed by atoms with Crippen molar-refractivity contribution in [1.82, 2.24) is 5.32 Å². The zero-order valence-corrected chi connectivity index (χ0v) is 59.2. The molecule has 19 heteroatoms. The zero-order valence-electron chi connectivity index (χ0n) is 59.2. The highest BCUT2D eigenvalue weighted by Crippen LogP contribution is 2.33. The first-order valence-electron chi connectivity index (χ1n) is 37.1. The molecule has 0 saturated carbocycles. The summed E-state index contributed by atoms with van der Waals surface area (Å²) in [4.78, 5) is 13.4. The molecule has 0 spiro atoms. The Morgan fingerprint density at radius 2 is 0.714 bits per heavy atom. The first-order chi connectivity index (χ1) is 47.8. The van der Waals surface area contributed by atoms with E-state index >= 15 is 0 Å². The van der Waals surface area contributed by atoms with Crippen molar-refractivity contribution in [3.8, 4) is 0 Å². The van der Waals surface area contributed by atoms with Gasteiger partial charge in [0, 0.05) is 6.42 Å². The van der Waals surface area contributed by atoms with Crippen molar-refractivity contribution in [2.24, 2.45) is 0 Å². The molecule has 19 nitrogen and oxygen atoms in total. The van der Waals surface area contributed by atoms with Gasteiger partial charge in [-0.1, -0.05) is 243 Å². The van der Waals surface area contributed by atoms with Gasteiger partial charge >= 0.3 is 0 Å². The van der Waals surface area contributed by atoms with E-state index < -0.39 is 124 Å². The molecule has 0 aromatic heterocycles. The van der Waals surface area contributed by atoms with Crippen LogP contribution >= 0.6 is 0 Å². The van der Waals surface area contributed by atoms with E-state index in [1.807, 2.05) is 6.08 Å². The van der Waals surface area contributed by atoms with Gasteiger partial charge in [-0.2, -0.15) is 0 Å². The average Bonchev–Trinajstić information content (AvgIpc) is 0.785. The van der Waals surface area contributed by atoms with Crippen LogP contribution in [0.25, 0.3) is 0 Å². The van der Waals surface area contributed by atoms with Crippen molar-refractivity contribution >= 4 is 5.91 Å². The van der Waals surface area contributed by atoms with Gasteiger partial charge in [-0.05, 0) is 109 Å². The quantitative estimate of drug-likeness (QED) is 0.0199. The molecule has 0 radical (unpaired) electrons. The second kappa shape index (κ2) is 58.2. The number of allylic oxidation sites excluding steroid dienone is 23. The van der Waals surface area contributed by atoms with Crippen LogP contribution in [0.15, 0.2) is 146 Å². The van der Waals surface area contributed by atoms with E-state index in [2.05, 4.69) is 153 Å². The minimum atomic E-state index is -1.99. The topological polar surface area (TPSA) is 307 Å². The van der Waals surface area contributed by atoms with E-state index in [4.69, 9.17) is 28.4 Å². The van der Waals surface area contributed by atoms with Gasteiger partial charge in [-0.25, -0.2) is 0 Å². The summed E-state index contributed by atoms with van der Waals surface area (Å²) in [5.74, 6) is -0.316. The minimum absolute atomic E-state index is 0.195. The number of carbonyl (C=O) groups is 1. The maximum absolute atomic E-state index is 13.4. The van der Waals surface area contributed by atoms with Crippen LogP contribution in [0, 0.1) is 0 Å². The van der Waals surface area contributed by atoms with Gasteiger partial charge in [0.25, 0.3) is 0 Å². The number of unbranched alkanes of at least 4 members (excludes halogenated alkanes) is 17. The molecule has 0 aromatic rings. The smallest absolute Gasteiger partial charge is 0.220 e. The number of aliphatic hydroxyl groups is 11. The number of ether oxygens (including phenoxy) is 6. The second-order valence-corrected chi connectivity index (χ2v) is 25.7. The lowest BCUT2D eigenvalue weighted by molar-refractivity contribution is -0.379. The number of carbonyl (C=O) groups excluding carboxylic acids is 1. The van der Waals surface area contributed by atoms with Crippen LogP contribution < -0.4 is 5.32 Å². The van der Waals surface area contributed by atoms with Crippen molar-refractivity contribution < 1.29 is 89.4 Å². The monoisotopic (exact) mass is 1380 g/mol. The Labute approximate surface area is 587 Å². The van der Waals surface area contributed by atoms with Crippen LogP contribution in [0.1, 0.15) is 213 Å². The number of aliphatic hydroxyl groups excluding tert-OH is 11. The molecule has 3 heterocycles. The fourth-order valence-corrected chi connectivity index (χ4v) is 11.4. The lowest BCUT2D eigenvalue weighted by Crippen LogP contribution is -2.66. The first kappa shape index (κ1) is 87.9. The molecular weight excluding hydrogens is 1250 g/mol. The average molecular weight is 1380 g/mol. The number of amides is 1. The molecule has 3 saturated heterocycles. The summed E-state index contributed by atoms with van der Waals surface area (Å²) in [5.41, 5.74) is 0. The van der Waals surface area contributed by atoms with Gasteiger partial charge in [-0.3, -0.25) is 4.79 Å². The van der Waals surface area contributed by atoms with Crippen LogP contribution in [0.5, 0.6) is 0 Å². The zero-order chi connectivity index (χ0) is 71.1. The van der Waals surface area contributed by atoms with Crippen LogP contribution in [0.3, 0.4) is 0 Å². The Hall–Kier alpha value is -4.33. The summed E-state index contributed by atoms with van der Waals surface area (Å²) in [7, 11) is 0. The van der Waals surface area contributed by atoms with Gasteiger partial charge in [0.2, 0.25) is 5.91 Å². The summed E-state index contributed by atoms with van der Waals surface area (Å²) in [5, 5.41) is 121. The van der Waals surface area contributed by atoms with Gasteiger partial charge in [0.15, 0.2) is 18.9 Å². The molecule has 12 N–H and O–H groups in total. The number of rotatable bonds is 55. The molecule has 558 valence electrons. The molecule has 3 aliphatic heterocycles. The minimum Gasteiger partial charge on any atom is -0.394 e. The Morgan fingerprint density at radius 3 is 1.14 bits per heavy atom. The molecule has 0 bridgehead atoms. The lowest BCUT2D eigenvalue weighted by Gasteiger charge is -2.48. The molecule has 0 aromatic carbocycles. The van der Waals surface area contributed by atoms with Crippen LogP contribution in [0.2, 0.25) is 0 Å². The predicted octanol–water partition coefficient (Wildman–Crippen LogP) is 11.1. The fourth-order valence-electron chi connectivity index (χ4n) is 11.4. The van der Waals surface area contributed by atoms with E-state index in [9.17, 15) is 61.0 Å². The van der Waals surface area contributed by atoms with E-state index in [0.29, 0.717) is 12.8 Å². The molecule has 17 unspecified atom stereocenters. The third-order valence-electron chi connectivity index (χ3n) is 17.4. The molecule has 17 atom stereocenters. The highest BCUT2D eigenvalue weighted by Gasteiger charge is 2.53. The van der Waals surface area contributed by atoms with Crippen LogP contribution in [0.4, 0.5) is 0 Å². The summed E-state index contributed by atoms with van der Waals surface area (Å²) in [6, 6.07) is -1.02.